The molecule has 0 unspecified atom stereocenters. The van der Waals surface area contributed by atoms with Gasteiger partial charge in [-0.3, -0.25) is 5.10 Å². The van der Waals surface area contributed by atoms with Crippen molar-refractivity contribution in [3.8, 4) is 11.1 Å². The summed E-state index contributed by atoms with van der Waals surface area (Å²) in [5.41, 5.74) is 2.20. The van der Waals surface area contributed by atoms with Crippen molar-refractivity contribution in [3.05, 3.63) is 36.8 Å². The van der Waals surface area contributed by atoms with Crippen molar-refractivity contribution in [2.75, 3.05) is 31.1 Å². The van der Waals surface area contributed by atoms with Gasteiger partial charge in [0.15, 0.2) is 5.82 Å². The summed E-state index contributed by atoms with van der Waals surface area (Å²) in [5, 5.41) is 21.1. The first-order chi connectivity index (χ1) is 10.4. The van der Waals surface area contributed by atoms with Crippen LogP contribution in [0.25, 0.3) is 21.9 Å². The molecule has 0 aliphatic carbocycles. The number of rotatable bonds is 2. The number of piperazine rings is 1. The molecule has 0 saturated carbocycles. The Morgan fingerprint density at radius 3 is 2.76 bits per heavy atom. The molecule has 1 aromatic carbocycles. The zero-order valence-corrected chi connectivity index (χ0v) is 11.6. The molecule has 0 spiro atoms. The third-order valence-electron chi connectivity index (χ3n) is 3.91. The molecule has 3 heterocycles. The molecule has 1 fully saturated rings. The Morgan fingerprint density at radius 2 is 1.95 bits per heavy atom. The van der Waals surface area contributed by atoms with Crippen molar-refractivity contribution < 1.29 is 0 Å². The van der Waals surface area contributed by atoms with Crippen LogP contribution in [-0.2, 0) is 0 Å². The lowest BCUT2D eigenvalue weighted by molar-refractivity contribution is 0.584. The van der Waals surface area contributed by atoms with Crippen molar-refractivity contribution in [3.63, 3.8) is 0 Å². The molecule has 0 radical (unpaired) electrons. The zero-order chi connectivity index (χ0) is 14.1. The van der Waals surface area contributed by atoms with E-state index >= 15 is 0 Å². The Kier molecular flexibility index (Phi) is 3.01. The minimum Gasteiger partial charge on any atom is -0.352 e. The third-order valence-corrected chi connectivity index (χ3v) is 3.91. The lowest BCUT2D eigenvalue weighted by Crippen LogP contribution is -2.44. The Labute approximate surface area is 122 Å². The van der Waals surface area contributed by atoms with Gasteiger partial charge in [0.2, 0.25) is 0 Å². The maximum atomic E-state index is 4.38. The third kappa shape index (κ3) is 2.13. The average molecular weight is 280 g/mol. The van der Waals surface area contributed by atoms with E-state index in [1.165, 1.54) is 0 Å². The van der Waals surface area contributed by atoms with Crippen molar-refractivity contribution >= 4 is 16.6 Å². The molecular weight excluding hydrogens is 264 g/mol. The fourth-order valence-corrected chi connectivity index (χ4v) is 2.85. The number of nitrogens with zero attached hydrogens (tertiary/aromatic N) is 4. The molecule has 2 N–H and O–H groups in total. The van der Waals surface area contributed by atoms with E-state index < -0.39 is 0 Å². The maximum absolute atomic E-state index is 4.38. The summed E-state index contributed by atoms with van der Waals surface area (Å²) < 4.78 is 0. The Hall–Kier alpha value is -2.47. The van der Waals surface area contributed by atoms with E-state index in [1.54, 1.807) is 0 Å². The quantitative estimate of drug-likeness (QED) is 0.743. The topological polar surface area (TPSA) is 69.7 Å². The maximum Gasteiger partial charge on any atom is 0.159 e. The summed E-state index contributed by atoms with van der Waals surface area (Å²) in [6.07, 6.45) is 5.57. The first kappa shape index (κ1) is 12.3. The summed E-state index contributed by atoms with van der Waals surface area (Å²) in [6, 6.07) is 6.28. The van der Waals surface area contributed by atoms with E-state index in [-0.39, 0.29) is 0 Å². The summed E-state index contributed by atoms with van der Waals surface area (Å²) in [4.78, 5) is 2.30. The second kappa shape index (κ2) is 5.14. The van der Waals surface area contributed by atoms with E-state index in [2.05, 4.69) is 48.8 Å². The van der Waals surface area contributed by atoms with Gasteiger partial charge in [0.1, 0.15) is 0 Å². The van der Waals surface area contributed by atoms with Crippen LogP contribution in [0.15, 0.2) is 36.8 Å². The van der Waals surface area contributed by atoms with Crippen molar-refractivity contribution in [1.82, 2.24) is 25.7 Å². The average Bonchev–Trinajstić information content (AvgIpc) is 3.09. The molecule has 3 aromatic rings. The molecule has 1 aliphatic heterocycles. The Bertz CT molecular complexity index is 746. The monoisotopic (exact) mass is 280 g/mol. The van der Waals surface area contributed by atoms with Gasteiger partial charge < -0.3 is 10.2 Å². The van der Waals surface area contributed by atoms with Crippen LogP contribution in [0.1, 0.15) is 0 Å². The molecule has 2 aromatic heterocycles. The van der Waals surface area contributed by atoms with Crippen LogP contribution in [0.2, 0.25) is 0 Å². The van der Waals surface area contributed by atoms with Gasteiger partial charge in [-0.25, -0.2) is 0 Å². The number of benzene rings is 1. The molecule has 6 heteroatoms. The second-order valence-corrected chi connectivity index (χ2v) is 5.16. The van der Waals surface area contributed by atoms with Crippen molar-refractivity contribution in [2.24, 2.45) is 0 Å². The second-order valence-electron chi connectivity index (χ2n) is 5.16. The lowest BCUT2D eigenvalue weighted by Gasteiger charge is -2.28. The number of aromatic amines is 1. The van der Waals surface area contributed by atoms with Gasteiger partial charge in [-0.2, -0.15) is 10.2 Å². The van der Waals surface area contributed by atoms with Crippen LogP contribution < -0.4 is 10.2 Å². The number of H-pyrrole nitrogens is 1. The molecule has 1 aliphatic rings. The highest BCUT2D eigenvalue weighted by molar-refractivity contribution is 6.01. The zero-order valence-electron chi connectivity index (χ0n) is 11.6. The normalized spacial score (nSPS) is 15.5. The summed E-state index contributed by atoms with van der Waals surface area (Å²) >= 11 is 0. The first-order valence-electron chi connectivity index (χ1n) is 7.13. The Morgan fingerprint density at radius 1 is 1.05 bits per heavy atom. The van der Waals surface area contributed by atoms with Crippen LogP contribution in [0.3, 0.4) is 0 Å². The lowest BCUT2D eigenvalue weighted by atomic mass is 10.0. The van der Waals surface area contributed by atoms with Crippen molar-refractivity contribution in [1.29, 1.82) is 0 Å². The SMILES string of the molecule is c1cc(-c2cn[nH]c2)c2cnnc(N3CCNCC3)c2c1. The van der Waals surface area contributed by atoms with Crippen LogP contribution in [0.5, 0.6) is 0 Å². The first-order valence-corrected chi connectivity index (χ1v) is 7.13. The number of hydrogen-bond acceptors (Lipinski definition) is 5. The van der Waals surface area contributed by atoms with Gasteiger partial charge in [0.05, 0.1) is 12.4 Å². The van der Waals surface area contributed by atoms with Gasteiger partial charge >= 0.3 is 0 Å². The predicted octanol–water partition coefficient (Wildman–Crippen LogP) is 1.43. The molecule has 4 rings (SSSR count). The minimum atomic E-state index is 0.962. The van der Waals surface area contributed by atoms with Crippen molar-refractivity contribution in [2.45, 2.75) is 0 Å². The van der Waals surface area contributed by atoms with Gasteiger partial charge in [-0.05, 0) is 5.56 Å². The molecule has 6 nitrogen and oxygen atoms in total. The Balaban J connectivity index is 1.88. The predicted molar refractivity (Wildman–Crippen MR) is 82.2 cm³/mol. The fraction of sp³-hybridized carbons (Fsp3) is 0.267. The van der Waals surface area contributed by atoms with E-state index in [4.69, 9.17) is 0 Å². The van der Waals surface area contributed by atoms with Gasteiger partial charge in [0, 0.05) is 48.7 Å². The highest BCUT2D eigenvalue weighted by atomic mass is 15.3. The summed E-state index contributed by atoms with van der Waals surface area (Å²) in [6.45, 7) is 3.90. The molecule has 106 valence electrons. The van der Waals surface area contributed by atoms with Crippen LogP contribution in [-0.4, -0.2) is 46.6 Å². The van der Waals surface area contributed by atoms with Crippen LogP contribution in [0, 0.1) is 0 Å². The summed E-state index contributed by atoms with van der Waals surface area (Å²) in [5.74, 6) is 0.972. The standard InChI is InChI=1S/C15H16N6/c1-2-12(11-8-17-18-9-11)14-10-19-20-15(13(14)3-1)21-6-4-16-5-7-21/h1-3,8-10,16H,4-7H2,(H,17,18). The molecular formula is C15H16N6. The minimum absolute atomic E-state index is 0.962. The number of hydrogen-bond donors (Lipinski definition) is 2. The van der Waals surface area contributed by atoms with E-state index in [1.807, 2.05) is 18.6 Å². The van der Waals surface area contributed by atoms with E-state index in [0.717, 1.165) is 53.9 Å². The van der Waals surface area contributed by atoms with Gasteiger partial charge in [-0.1, -0.05) is 18.2 Å². The molecule has 0 atom stereocenters. The smallest absolute Gasteiger partial charge is 0.159 e. The van der Waals surface area contributed by atoms with Crippen LogP contribution >= 0.6 is 0 Å². The van der Waals surface area contributed by atoms with Crippen LogP contribution in [0.4, 0.5) is 5.82 Å². The number of aromatic nitrogens is 4. The highest BCUT2D eigenvalue weighted by Gasteiger charge is 2.16. The van der Waals surface area contributed by atoms with Gasteiger partial charge in [0.25, 0.3) is 0 Å². The fourth-order valence-electron chi connectivity index (χ4n) is 2.85. The van der Waals surface area contributed by atoms with E-state index in [9.17, 15) is 0 Å². The molecule has 0 bridgehead atoms. The number of anilines is 1. The largest absolute Gasteiger partial charge is 0.352 e. The molecule has 1 saturated heterocycles. The van der Waals surface area contributed by atoms with Gasteiger partial charge in [-0.15, -0.1) is 5.10 Å². The number of nitrogens with one attached hydrogen (secondary N) is 2. The molecule has 21 heavy (non-hydrogen) atoms. The molecule has 0 amide bonds. The van der Waals surface area contributed by atoms with E-state index in [0.29, 0.717) is 0 Å². The highest BCUT2D eigenvalue weighted by Crippen LogP contribution is 2.31. The number of fused-ring (bicyclic) bond motifs is 1. The summed E-state index contributed by atoms with van der Waals surface area (Å²) in [7, 11) is 0.